The highest BCUT2D eigenvalue weighted by atomic mass is 16.3. The quantitative estimate of drug-likeness (QED) is 0.167. The van der Waals surface area contributed by atoms with Crippen LogP contribution in [0, 0.1) is 0 Å². The second-order valence-electron chi connectivity index (χ2n) is 18.3. The predicted octanol–water partition coefficient (Wildman–Crippen LogP) is 16.9. The normalized spacial score (nSPS) is 11.9. The average Bonchev–Trinajstić information content (AvgIpc) is 4.11. The van der Waals surface area contributed by atoms with Crippen molar-refractivity contribution in [2.45, 2.75) is 0 Å². The Morgan fingerprint density at radius 1 is 0.324 bits per heavy atom. The number of hydrogen-bond acceptors (Lipinski definition) is 4. The molecule has 0 radical (unpaired) electrons. The zero-order valence-corrected chi connectivity index (χ0v) is 38.2. The van der Waals surface area contributed by atoms with Gasteiger partial charge in [0.05, 0.1) is 27.8 Å². The summed E-state index contributed by atoms with van der Waals surface area (Å²) in [4.78, 5) is 16.5. The van der Waals surface area contributed by atoms with Crippen LogP contribution >= 0.6 is 0 Å². The molecule has 0 unspecified atom stereocenters. The van der Waals surface area contributed by atoms with Gasteiger partial charge in [-0.2, -0.15) is 0 Å². The monoisotopic (exact) mass is 905 g/mol. The maximum absolute atomic E-state index is 7.12. The number of furan rings is 1. The van der Waals surface area contributed by atoms with E-state index in [1.165, 1.54) is 32.3 Å². The fourth-order valence-corrected chi connectivity index (χ4v) is 11.1. The number of rotatable bonds is 6. The standard InChI is InChI=1S/C65H39N5O/c1-3-17-40(18-4-1)42-22-15-23-45(37-42)63-66-64(68-65(67-63)53-30-16-29-49-48-27-11-13-31-55(48)69(61(49)53)46-24-5-2-6-25-46)52-35-36-56(62-59(52)51-28-12-14-32-58(51)71-62)70-57-39-44-21-8-7-20-43(44)38-54(57)50-34-33-41-19-9-10-26-47(41)60(50)70/h1-39H. The summed E-state index contributed by atoms with van der Waals surface area (Å²) in [6.45, 7) is 0. The van der Waals surface area contributed by atoms with Crippen molar-refractivity contribution >= 4 is 87.1 Å². The molecule has 15 rings (SSSR count). The molecule has 0 saturated carbocycles. The molecule has 0 saturated heterocycles. The topological polar surface area (TPSA) is 61.7 Å². The lowest BCUT2D eigenvalue weighted by Crippen LogP contribution is -2.03. The van der Waals surface area contributed by atoms with Gasteiger partial charge in [0.15, 0.2) is 23.1 Å². The highest BCUT2D eigenvalue weighted by molar-refractivity contribution is 6.22. The Kier molecular flexibility index (Phi) is 8.56. The second kappa shape index (κ2) is 15.4. The first-order chi connectivity index (χ1) is 35.2. The first-order valence-corrected chi connectivity index (χ1v) is 24.0. The molecule has 15 aromatic rings. The lowest BCUT2D eigenvalue weighted by molar-refractivity contribution is 0.666. The minimum atomic E-state index is 0.552. The van der Waals surface area contributed by atoms with Crippen LogP contribution < -0.4 is 0 Å². The molecule has 0 spiro atoms. The summed E-state index contributed by atoms with van der Waals surface area (Å²) >= 11 is 0. The molecular weight excluding hydrogens is 867 g/mol. The Bertz CT molecular complexity index is 4640. The van der Waals surface area contributed by atoms with E-state index in [1.807, 2.05) is 12.1 Å². The molecule has 0 aliphatic rings. The fraction of sp³-hybridized carbons (Fsp3) is 0. The van der Waals surface area contributed by atoms with Crippen molar-refractivity contribution in [3.05, 3.63) is 237 Å². The van der Waals surface area contributed by atoms with E-state index in [-0.39, 0.29) is 0 Å². The van der Waals surface area contributed by atoms with E-state index in [4.69, 9.17) is 19.4 Å². The van der Waals surface area contributed by atoms with Gasteiger partial charge < -0.3 is 13.6 Å². The number of hydrogen-bond donors (Lipinski definition) is 0. The Balaban J connectivity index is 1.04. The van der Waals surface area contributed by atoms with Gasteiger partial charge in [-0.05, 0) is 87.9 Å². The summed E-state index contributed by atoms with van der Waals surface area (Å²) in [6.07, 6.45) is 0. The zero-order chi connectivity index (χ0) is 46.6. The number of para-hydroxylation sites is 4. The summed E-state index contributed by atoms with van der Waals surface area (Å²) < 4.78 is 11.9. The molecule has 71 heavy (non-hydrogen) atoms. The summed E-state index contributed by atoms with van der Waals surface area (Å²) in [7, 11) is 0. The second-order valence-corrected chi connectivity index (χ2v) is 18.3. The third-order valence-corrected chi connectivity index (χ3v) is 14.3. The molecule has 6 heteroatoms. The van der Waals surface area contributed by atoms with Crippen LogP contribution in [0.25, 0.3) is 144 Å². The largest absolute Gasteiger partial charge is 0.454 e. The van der Waals surface area contributed by atoms with E-state index in [0.29, 0.717) is 17.5 Å². The highest BCUT2D eigenvalue weighted by Crippen LogP contribution is 2.45. The molecule has 4 aromatic heterocycles. The van der Waals surface area contributed by atoms with Crippen LogP contribution in [0.4, 0.5) is 0 Å². The summed E-state index contributed by atoms with van der Waals surface area (Å²) in [6, 6.07) is 83.7. The van der Waals surface area contributed by atoms with Crippen molar-refractivity contribution in [3.63, 3.8) is 0 Å². The van der Waals surface area contributed by atoms with Crippen LogP contribution in [0.3, 0.4) is 0 Å². The third-order valence-electron chi connectivity index (χ3n) is 14.3. The van der Waals surface area contributed by atoms with Gasteiger partial charge >= 0.3 is 0 Å². The van der Waals surface area contributed by atoms with E-state index >= 15 is 0 Å². The van der Waals surface area contributed by atoms with E-state index in [9.17, 15) is 0 Å². The maximum atomic E-state index is 7.12. The molecule has 11 aromatic carbocycles. The van der Waals surface area contributed by atoms with E-state index < -0.39 is 0 Å². The van der Waals surface area contributed by atoms with E-state index in [1.54, 1.807) is 0 Å². The first-order valence-electron chi connectivity index (χ1n) is 24.0. The first kappa shape index (κ1) is 39.4. The SMILES string of the molecule is c1ccc(-c2cccc(-c3nc(-c4ccc(-n5c6cc7ccccc7cc6c6ccc7ccccc7c65)c5oc6ccccc6c45)nc(-c4cccc5c6ccccc6n(-c6ccccc6)c45)n3)c2)cc1. The minimum absolute atomic E-state index is 0.552. The van der Waals surface area contributed by atoms with Gasteiger partial charge in [-0.3, -0.25) is 0 Å². The Hall–Kier alpha value is -9.65. The van der Waals surface area contributed by atoms with Gasteiger partial charge in [0, 0.05) is 60.1 Å². The van der Waals surface area contributed by atoms with Gasteiger partial charge in [-0.15, -0.1) is 0 Å². The van der Waals surface area contributed by atoms with Gasteiger partial charge in [0.1, 0.15) is 5.58 Å². The van der Waals surface area contributed by atoms with Gasteiger partial charge in [0.25, 0.3) is 0 Å². The van der Waals surface area contributed by atoms with E-state index in [2.05, 4.69) is 234 Å². The Labute approximate surface area is 407 Å². The summed E-state index contributed by atoms with van der Waals surface area (Å²) in [5.41, 5.74) is 12.8. The van der Waals surface area contributed by atoms with E-state index in [0.717, 1.165) is 94.0 Å². The van der Waals surface area contributed by atoms with Gasteiger partial charge in [-0.1, -0.05) is 176 Å². The number of nitrogens with zero attached hydrogens (tertiary/aromatic N) is 5. The smallest absolute Gasteiger partial charge is 0.166 e. The van der Waals surface area contributed by atoms with Gasteiger partial charge in [0.2, 0.25) is 0 Å². The lowest BCUT2D eigenvalue weighted by atomic mass is 10.0. The van der Waals surface area contributed by atoms with Crippen LogP contribution in [-0.2, 0) is 0 Å². The van der Waals surface area contributed by atoms with Crippen LogP contribution in [0.2, 0.25) is 0 Å². The van der Waals surface area contributed by atoms with Crippen molar-refractivity contribution in [2.75, 3.05) is 0 Å². The Morgan fingerprint density at radius 2 is 0.944 bits per heavy atom. The Morgan fingerprint density at radius 3 is 1.79 bits per heavy atom. The van der Waals surface area contributed by atoms with Crippen molar-refractivity contribution in [1.29, 1.82) is 0 Å². The maximum Gasteiger partial charge on any atom is 0.166 e. The van der Waals surface area contributed by atoms with Crippen LogP contribution in [-0.4, -0.2) is 24.1 Å². The molecular formula is C65H39N5O. The van der Waals surface area contributed by atoms with Crippen LogP contribution in [0.1, 0.15) is 0 Å². The number of fused-ring (bicyclic) bond motifs is 12. The molecule has 0 amide bonds. The van der Waals surface area contributed by atoms with Crippen molar-refractivity contribution in [3.8, 4) is 56.7 Å². The van der Waals surface area contributed by atoms with Crippen LogP contribution in [0.5, 0.6) is 0 Å². The van der Waals surface area contributed by atoms with Crippen molar-refractivity contribution in [1.82, 2.24) is 24.1 Å². The molecule has 0 aliphatic heterocycles. The molecule has 0 atom stereocenters. The molecule has 0 bridgehead atoms. The molecule has 330 valence electrons. The number of benzene rings is 11. The number of aromatic nitrogens is 5. The highest BCUT2D eigenvalue weighted by Gasteiger charge is 2.25. The molecule has 4 heterocycles. The average molecular weight is 906 g/mol. The molecule has 0 fully saturated rings. The minimum Gasteiger partial charge on any atom is -0.454 e. The van der Waals surface area contributed by atoms with Gasteiger partial charge in [-0.25, -0.2) is 15.0 Å². The fourth-order valence-electron chi connectivity index (χ4n) is 11.1. The summed E-state index contributed by atoms with van der Waals surface area (Å²) in [5.74, 6) is 1.70. The predicted molar refractivity (Wildman–Crippen MR) is 293 cm³/mol. The van der Waals surface area contributed by atoms with Crippen molar-refractivity contribution in [2.24, 2.45) is 0 Å². The molecule has 0 aliphatic carbocycles. The third kappa shape index (κ3) is 6.05. The lowest BCUT2D eigenvalue weighted by Gasteiger charge is -2.14. The zero-order valence-electron chi connectivity index (χ0n) is 38.2. The van der Waals surface area contributed by atoms with Crippen LogP contribution in [0.15, 0.2) is 241 Å². The molecule has 0 N–H and O–H groups in total. The summed E-state index contributed by atoms with van der Waals surface area (Å²) in [5, 5.41) is 11.3. The van der Waals surface area contributed by atoms with Crippen molar-refractivity contribution < 1.29 is 4.42 Å². The molecule has 6 nitrogen and oxygen atoms in total.